The first-order valence-corrected chi connectivity index (χ1v) is 13.5. The zero-order valence-corrected chi connectivity index (χ0v) is 19.4. The van der Waals surface area contributed by atoms with Gasteiger partial charge in [-0.3, -0.25) is 0 Å². The summed E-state index contributed by atoms with van der Waals surface area (Å²) in [5, 5.41) is 2.05. The van der Waals surface area contributed by atoms with Crippen molar-refractivity contribution in [2.75, 3.05) is 0 Å². The van der Waals surface area contributed by atoms with E-state index in [0.29, 0.717) is 21.5 Å². The van der Waals surface area contributed by atoms with Crippen LogP contribution in [0.15, 0.2) is 114 Å². The summed E-state index contributed by atoms with van der Waals surface area (Å²) in [7, 11) is -6.92. The SMILES string of the molecule is Cc1ccc(S(=O)(=O)NCc2ccccc2P(=O)(c2ccccc2)c2ccccc2)cc1. The molecular weight excluding hydrogens is 437 g/mol. The van der Waals surface area contributed by atoms with E-state index >= 15 is 0 Å². The van der Waals surface area contributed by atoms with Crippen LogP contribution in [0.3, 0.4) is 0 Å². The lowest BCUT2D eigenvalue weighted by atomic mass is 10.2. The van der Waals surface area contributed by atoms with Gasteiger partial charge in [0.2, 0.25) is 10.0 Å². The molecule has 0 saturated carbocycles. The first-order chi connectivity index (χ1) is 15.4. The first kappa shape index (κ1) is 22.2. The minimum absolute atomic E-state index is 0.0377. The van der Waals surface area contributed by atoms with Crippen LogP contribution in [0.25, 0.3) is 0 Å². The fourth-order valence-electron chi connectivity index (χ4n) is 3.64. The van der Waals surface area contributed by atoms with Crippen LogP contribution in [0.4, 0.5) is 0 Å². The second-order valence-corrected chi connectivity index (χ2v) is 12.0. The molecule has 0 aromatic heterocycles. The zero-order valence-electron chi connectivity index (χ0n) is 17.7. The predicted molar refractivity (Wildman–Crippen MR) is 131 cm³/mol. The molecule has 0 atom stereocenters. The van der Waals surface area contributed by atoms with Gasteiger partial charge in [-0.25, -0.2) is 13.1 Å². The highest BCUT2D eigenvalue weighted by molar-refractivity contribution is 7.89. The topological polar surface area (TPSA) is 63.2 Å². The smallest absolute Gasteiger partial charge is 0.240 e. The molecule has 4 aromatic carbocycles. The second kappa shape index (κ2) is 9.25. The van der Waals surface area contributed by atoms with E-state index in [0.717, 1.165) is 5.56 Å². The quantitative estimate of drug-likeness (QED) is 0.421. The summed E-state index contributed by atoms with van der Waals surface area (Å²) >= 11 is 0. The van der Waals surface area contributed by atoms with Crippen LogP contribution in [-0.4, -0.2) is 8.42 Å². The van der Waals surface area contributed by atoms with Crippen LogP contribution >= 0.6 is 7.14 Å². The van der Waals surface area contributed by atoms with E-state index in [4.69, 9.17) is 0 Å². The van der Waals surface area contributed by atoms with E-state index in [9.17, 15) is 13.0 Å². The van der Waals surface area contributed by atoms with Crippen molar-refractivity contribution in [1.29, 1.82) is 0 Å². The molecule has 0 aliphatic heterocycles. The molecule has 6 heteroatoms. The molecule has 0 spiro atoms. The Balaban J connectivity index is 1.76. The Bertz CT molecular complexity index is 1310. The van der Waals surface area contributed by atoms with Gasteiger partial charge in [0.15, 0.2) is 7.14 Å². The molecule has 4 nitrogen and oxygen atoms in total. The van der Waals surface area contributed by atoms with Crippen molar-refractivity contribution >= 4 is 33.1 Å². The lowest BCUT2D eigenvalue weighted by Gasteiger charge is -2.23. The summed E-state index contributed by atoms with van der Waals surface area (Å²) in [5.41, 5.74) is 1.67. The first-order valence-electron chi connectivity index (χ1n) is 10.3. The third-order valence-corrected chi connectivity index (χ3v) is 9.94. The van der Waals surface area contributed by atoms with Gasteiger partial charge in [0.1, 0.15) is 0 Å². The van der Waals surface area contributed by atoms with E-state index in [-0.39, 0.29) is 11.4 Å². The van der Waals surface area contributed by atoms with Crippen molar-refractivity contribution in [1.82, 2.24) is 4.72 Å². The fraction of sp³-hybridized carbons (Fsp3) is 0.0769. The van der Waals surface area contributed by atoms with Crippen LogP contribution in [-0.2, 0) is 21.1 Å². The fourth-order valence-corrected chi connectivity index (χ4v) is 7.54. The van der Waals surface area contributed by atoms with Crippen molar-refractivity contribution in [3.63, 3.8) is 0 Å². The Morgan fingerprint density at radius 3 is 1.75 bits per heavy atom. The molecule has 0 unspecified atom stereocenters. The van der Waals surface area contributed by atoms with Crippen molar-refractivity contribution in [3.05, 3.63) is 120 Å². The van der Waals surface area contributed by atoms with E-state index in [2.05, 4.69) is 4.72 Å². The lowest BCUT2D eigenvalue weighted by molar-refractivity contribution is 0.580. The molecule has 162 valence electrons. The number of hydrogen-bond acceptors (Lipinski definition) is 3. The summed E-state index contributed by atoms with van der Waals surface area (Å²) in [5.74, 6) is 0. The Morgan fingerprint density at radius 2 is 1.19 bits per heavy atom. The van der Waals surface area contributed by atoms with Crippen LogP contribution in [0.5, 0.6) is 0 Å². The average molecular weight is 462 g/mol. The third-order valence-electron chi connectivity index (χ3n) is 5.35. The van der Waals surface area contributed by atoms with Crippen molar-refractivity contribution in [3.8, 4) is 0 Å². The normalized spacial score (nSPS) is 11.9. The van der Waals surface area contributed by atoms with Crippen molar-refractivity contribution < 1.29 is 13.0 Å². The highest BCUT2D eigenvalue weighted by Gasteiger charge is 2.31. The van der Waals surface area contributed by atoms with E-state index < -0.39 is 17.2 Å². The highest BCUT2D eigenvalue weighted by atomic mass is 32.2. The number of aryl methyl sites for hydroxylation is 1. The molecule has 0 saturated heterocycles. The van der Waals surface area contributed by atoms with E-state index in [1.807, 2.05) is 91.9 Å². The maximum atomic E-state index is 14.7. The number of rotatable bonds is 7. The predicted octanol–water partition coefficient (Wildman–Crippen LogP) is 4.11. The Morgan fingerprint density at radius 1 is 0.688 bits per heavy atom. The number of benzene rings is 4. The largest absolute Gasteiger partial charge is 0.309 e. The average Bonchev–Trinajstić information content (AvgIpc) is 2.84. The molecule has 4 aromatic rings. The van der Waals surface area contributed by atoms with Gasteiger partial charge in [0.05, 0.1) is 4.90 Å². The van der Waals surface area contributed by atoms with Crippen LogP contribution in [0.1, 0.15) is 11.1 Å². The molecule has 1 N–H and O–H groups in total. The Hall–Kier alpha value is -2.98. The lowest BCUT2D eigenvalue weighted by Crippen LogP contribution is -2.31. The van der Waals surface area contributed by atoms with E-state index in [1.54, 1.807) is 24.3 Å². The molecule has 0 amide bonds. The standard InChI is InChI=1S/C26H24NO3PS/c1-21-16-18-25(19-17-21)32(29,30)27-20-22-10-8-9-15-26(22)31(28,23-11-4-2-5-12-23)24-13-6-3-7-14-24/h2-19,27H,20H2,1H3. The van der Waals surface area contributed by atoms with Crippen molar-refractivity contribution in [2.45, 2.75) is 18.4 Å². The van der Waals surface area contributed by atoms with Crippen LogP contribution in [0, 0.1) is 6.92 Å². The molecule has 4 rings (SSSR count). The number of sulfonamides is 1. The summed E-state index contributed by atoms with van der Waals surface area (Å²) in [4.78, 5) is 0.204. The molecule has 0 radical (unpaired) electrons. The number of hydrogen-bond donors (Lipinski definition) is 1. The third kappa shape index (κ3) is 4.46. The van der Waals surface area contributed by atoms with Crippen LogP contribution in [0.2, 0.25) is 0 Å². The summed E-state index contributed by atoms with van der Waals surface area (Å²) in [6, 6.07) is 32.7. The molecular formula is C26H24NO3PS. The molecule has 0 bridgehead atoms. The molecule has 32 heavy (non-hydrogen) atoms. The molecule has 0 heterocycles. The van der Waals surface area contributed by atoms with Gasteiger partial charge in [-0.15, -0.1) is 0 Å². The van der Waals surface area contributed by atoms with Gasteiger partial charge in [-0.05, 0) is 24.6 Å². The van der Waals surface area contributed by atoms with Gasteiger partial charge in [-0.1, -0.05) is 103 Å². The summed E-state index contributed by atoms with van der Waals surface area (Å²) in [6.45, 7) is 1.95. The van der Waals surface area contributed by atoms with Gasteiger partial charge >= 0.3 is 0 Å². The molecule has 0 fully saturated rings. The van der Waals surface area contributed by atoms with E-state index in [1.165, 1.54) is 0 Å². The number of nitrogens with one attached hydrogen (secondary N) is 1. The van der Waals surface area contributed by atoms with Gasteiger partial charge in [0.25, 0.3) is 0 Å². The minimum atomic E-state index is -3.71. The van der Waals surface area contributed by atoms with Crippen LogP contribution < -0.4 is 20.6 Å². The second-order valence-electron chi connectivity index (χ2n) is 7.55. The Labute approximate surface area is 189 Å². The molecule has 0 aliphatic rings. The molecule has 0 aliphatic carbocycles. The monoisotopic (exact) mass is 461 g/mol. The summed E-state index contributed by atoms with van der Waals surface area (Å²) in [6.07, 6.45) is 0. The maximum absolute atomic E-state index is 14.7. The van der Waals surface area contributed by atoms with Gasteiger partial charge in [-0.2, -0.15) is 0 Å². The van der Waals surface area contributed by atoms with Gasteiger partial charge < -0.3 is 4.57 Å². The summed E-state index contributed by atoms with van der Waals surface area (Å²) < 4.78 is 43.0. The highest BCUT2D eigenvalue weighted by Crippen LogP contribution is 2.43. The van der Waals surface area contributed by atoms with Crippen molar-refractivity contribution in [2.24, 2.45) is 0 Å². The maximum Gasteiger partial charge on any atom is 0.240 e. The zero-order chi connectivity index (χ0) is 22.6. The Kier molecular flexibility index (Phi) is 6.43. The minimum Gasteiger partial charge on any atom is -0.309 e. The van der Waals surface area contributed by atoms with Gasteiger partial charge in [0, 0.05) is 22.5 Å².